The highest BCUT2D eigenvalue weighted by Gasteiger charge is 2.13. The molecule has 0 aliphatic carbocycles. The van der Waals surface area contributed by atoms with Crippen molar-refractivity contribution in [2.45, 2.75) is 33.6 Å². The topological polar surface area (TPSA) is 41.1 Å². The number of anilines is 2. The van der Waals surface area contributed by atoms with Gasteiger partial charge in [-0.25, -0.2) is 9.97 Å². The summed E-state index contributed by atoms with van der Waals surface area (Å²) in [6.45, 7) is 8.12. The van der Waals surface area contributed by atoms with E-state index in [1.165, 1.54) is 4.88 Å². The average molecular weight is 304 g/mol. The summed E-state index contributed by atoms with van der Waals surface area (Å²) < 4.78 is 0. The van der Waals surface area contributed by atoms with E-state index < -0.39 is 0 Å². The van der Waals surface area contributed by atoms with Crippen LogP contribution in [0.3, 0.4) is 0 Å². The maximum atomic E-state index is 4.71. The Bertz CT molecular complexity index is 566. The molecule has 4 nitrogen and oxygen atoms in total. The normalized spacial score (nSPS) is 10.7. The molecule has 21 heavy (non-hydrogen) atoms. The molecule has 2 aromatic heterocycles. The predicted octanol–water partition coefficient (Wildman–Crippen LogP) is 3.52. The third kappa shape index (κ3) is 3.94. The fourth-order valence-electron chi connectivity index (χ4n) is 2.26. The van der Waals surface area contributed by atoms with Crippen LogP contribution in [0.15, 0.2) is 17.5 Å². The van der Waals surface area contributed by atoms with Crippen molar-refractivity contribution >= 4 is 23.0 Å². The quantitative estimate of drug-likeness (QED) is 0.850. The molecule has 0 unspecified atom stereocenters. The summed E-state index contributed by atoms with van der Waals surface area (Å²) in [6, 6.07) is 4.29. The van der Waals surface area contributed by atoms with Crippen molar-refractivity contribution in [2.24, 2.45) is 0 Å². The van der Waals surface area contributed by atoms with Crippen LogP contribution in [0.5, 0.6) is 0 Å². The number of nitrogens with zero attached hydrogens (tertiary/aromatic N) is 3. The second-order valence-electron chi connectivity index (χ2n) is 5.07. The monoisotopic (exact) mass is 304 g/mol. The molecule has 0 aliphatic heterocycles. The van der Waals surface area contributed by atoms with Crippen LogP contribution in [0.4, 0.5) is 11.6 Å². The van der Waals surface area contributed by atoms with Crippen molar-refractivity contribution < 1.29 is 0 Å². The zero-order valence-corrected chi connectivity index (χ0v) is 14.1. The molecule has 2 heterocycles. The van der Waals surface area contributed by atoms with E-state index in [0.717, 1.165) is 49.0 Å². The minimum Gasteiger partial charge on any atom is -0.370 e. The number of hydrogen-bond donors (Lipinski definition) is 1. The molecule has 2 rings (SSSR count). The fourth-order valence-corrected chi connectivity index (χ4v) is 2.96. The lowest BCUT2D eigenvalue weighted by Crippen LogP contribution is -2.23. The Labute approximate surface area is 131 Å². The van der Waals surface area contributed by atoms with Gasteiger partial charge in [0.1, 0.15) is 17.5 Å². The van der Waals surface area contributed by atoms with Gasteiger partial charge in [-0.3, -0.25) is 0 Å². The molecule has 0 spiro atoms. The van der Waals surface area contributed by atoms with Crippen molar-refractivity contribution in [3.05, 3.63) is 33.8 Å². The molecule has 1 N–H and O–H groups in total. The number of rotatable bonds is 7. The largest absolute Gasteiger partial charge is 0.370 e. The zero-order valence-electron chi connectivity index (χ0n) is 13.3. The summed E-state index contributed by atoms with van der Waals surface area (Å²) in [5.74, 6) is 2.89. The van der Waals surface area contributed by atoms with E-state index in [-0.39, 0.29) is 0 Å². The first-order chi connectivity index (χ1) is 10.2. The molecule has 0 atom stereocenters. The molecule has 0 saturated carbocycles. The SMILES string of the molecule is CCNc1nc(CC)nc(N(C)CCc2cccs2)c1C. The molecule has 0 radical (unpaired) electrons. The Balaban J connectivity index is 2.18. The summed E-state index contributed by atoms with van der Waals surface area (Å²) in [7, 11) is 2.11. The lowest BCUT2D eigenvalue weighted by molar-refractivity contribution is 0.835. The molecule has 114 valence electrons. The molecule has 5 heteroatoms. The van der Waals surface area contributed by atoms with E-state index in [0.29, 0.717) is 0 Å². The molecule has 0 aliphatic rings. The van der Waals surface area contributed by atoms with Crippen LogP contribution in [0.2, 0.25) is 0 Å². The lowest BCUT2D eigenvalue weighted by atomic mass is 10.2. The number of aromatic nitrogens is 2. The number of nitrogens with one attached hydrogen (secondary N) is 1. The molecule has 0 saturated heterocycles. The van der Waals surface area contributed by atoms with Gasteiger partial charge in [-0.05, 0) is 31.7 Å². The zero-order chi connectivity index (χ0) is 15.2. The third-order valence-electron chi connectivity index (χ3n) is 3.46. The smallest absolute Gasteiger partial charge is 0.137 e. The van der Waals surface area contributed by atoms with E-state index >= 15 is 0 Å². The lowest BCUT2D eigenvalue weighted by Gasteiger charge is -2.22. The van der Waals surface area contributed by atoms with Gasteiger partial charge in [-0.2, -0.15) is 0 Å². The highest BCUT2D eigenvalue weighted by atomic mass is 32.1. The van der Waals surface area contributed by atoms with Gasteiger partial charge in [-0.15, -0.1) is 11.3 Å². The van der Waals surface area contributed by atoms with E-state index in [1.807, 2.05) is 11.3 Å². The Morgan fingerprint density at radius 1 is 1.29 bits per heavy atom. The van der Waals surface area contributed by atoms with Gasteiger partial charge in [0, 0.05) is 37.0 Å². The highest BCUT2D eigenvalue weighted by molar-refractivity contribution is 7.09. The number of aryl methyl sites for hydroxylation is 1. The van der Waals surface area contributed by atoms with Gasteiger partial charge >= 0.3 is 0 Å². The molecule has 0 bridgehead atoms. The van der Waals surface area contributed by atoms with Crippen molar-refractivity contribution in [3.63, 3.8) is 0 Å². The van der Waals surface area contributed by atoms with Crippen LogP contribution in [0.1, 0.15) is 30.1 Å². The summed E-state index contributed by atoms with van der Waals surface area (Å²) in [6.07, 6.45) is 1.90. The van der Waals surface area contributed by atoms with Gasteiger partial charge in [0.25, 0.3) is 0 Å². The van der Waals surface area contributed by atoms with Gasteiger partial charge in [0.2, 0.25) is 0 Å². The first-order valence-corrected chi connectivity index (χ1v) is 8.38. The second kappa shape index (κ2) is 7.41. The van der Waals surface area contributed by atoms with Gasteiger partial charge in [-0.1, -0.05) is 13.0 Å². The van der Waals surface area contributed by atoms with Crippen LogP contribution in [-0.2, 0) is 12.8 Å². The Morgan fingerprint density at radius 3 is 2.71 bits per heavy atom. The molecule has 2 aromatic rings. The van der Waals surface area contributed by atoms with Crippen LogP contribution in [0.25, 0.3) is 0 Å². The summed E-state index contributed by atoms with van der Waals surface area (Å²) >= 11 is 1.81. The highest BCUT2D eigenvalue weighted by Crippen LogP contribution is 2.23. The van der Waals surface area contributed by atoms with Gasteiger partial charge < -0.3 is 10.2 Å². The van der Waals surface area contributed by atoms with Crippen LogP contribution in [0, 0.1) is 6.92 Å². The maximum absolute atomic E-state index is 4.71. The Kier molecular flexibility index (Phi) is 5.56. The first-order valence-electron chi connectivity index (χ1n) is 7.50. The van der Waals surface area contributed by atoms with Crippen LogP contribution >= 0.6 is 11.3 Å². The maximum Gasteiger partial charge on any atom is 0.137 e. The molecule has 0 amide bonds. The molecule has 0 fully saturated rings. The van der Waals surface area contributed by atoms with Crippen molar-refractivity contribution in [3.8, 4) is 0 Å². The average Bonchev–Trinajstić information content (AvgIpc) is 3.00. The van der Waals surface area contributed by atoms with E-state index in [4.69, 9.17) is 4.98 Å². The van der Waals surface area contributed by atoms with Crippen molar-refractivity contribution in [1.29, 1.82) is 0 Å². The first kappa shape index (κ1) is 15.8. The van der Waals surface area contributed by atoms with E-state index in [1.54, 1.807) is 0 Å². The van der Waals surface area contributed by atoms with Gasteiger partial charge in [0.05, 0.1) is 0 Å². The summed E-state index contributed by atoms with van der Waals surface area (Å²) in [5.41, 5.74) is 1.13. The number of hydrogen-bond acceptors (Lipinski definition) is 5. The number of likely N-dealkylation sites (N-methyl/N-ethyl adjacent to an activating group) is 1. The Morgan fingerprint density at radius 2 is 2.10 bits per heavy atom. The van der Waals surface area contributed by atoms with E-state index in [9.17, 15) is 0 Å². The van der Waals surface area contributed by atoms with E-state index in [2.05, 4.69) is 60.5 Å². The molecule has 0 aromatic carbocycles. The summed E-state index contributed by atoms with van der Waals surface area (Å²) in [5, 5.41) is 5.47. The standard InChI is InChI=1S/C16H24N4S/c1-5-14-18-15(17-6-2)12(3)16(19-14)20(4)10-9-13-8-7-11-21-13/h7-8,11H,5-6,9-10H2,1-4H3,(H,17,18,19). The second-order valence-corrected chi connectivity index (χ2v) is 6.10. The molecular formula is C16H24N4S. The Hall–Kier alpha value is -1.62. The van der Waals surface area contributed by atoms with Gasteiger partial charge in [0.15, 0.2) is 0 Å². The minimum atomic E-state index is 0.852. The van der Waals surface area contributed by atoms with Crippen LogP contribution < -0.4 is 10.2 Å². The van der Waals surface area contributed by atoms with Crippen LogP contribution in [-0.4, -0.2) is 30.1 Å². The minimum absolute atomic E-state index is 0.852. The fraction of sp³-hybridized carbons (Fsp3) is 0.500. The van der Waals surface area contributed by atoms with Crippen molar-refractivity contribution in [1.82, 2.24) is 9.97 Å². The van der Waals surface area contributed by atoms with Crippen molar-refractivity contribution in [2.75, 3.05) is 30.4 Å². The summed E-state index contributed by atoms with van der Waals surface area (Å²) in [4.78, 5) is 12.9. The number of thiophene rings is 1. The molecular weight excluding hydrogens is 280 g/mol. The predicted molar refractivity (Wildman–Crippen MR) is 91.6 cm³/mol. The third-order valence-corrected chi connectivity index (χ3v) is 4.40.